The standard InChI is InChI=1S/C19H15FN2O2S/c20-15-9-5-4-8-14(15)16-10-11-17(25-16)19(24)21-12-18(23)22-13-6-2-1-3-7-13/h1-11H,12H2,(H,21,24)(H,22,23). The Morgan fingerprint density at radius 2 is 1.64 bits per heavy atom. The minimum atomic E-state index is -0.365. The minimum absolute atomic E-state index is 0.138. The number of rotatable bonds is 5. The molecule has 0 spiro atoms. The molecule has 25 heavy (non-hydrogen) atoms. The summed E-state index contributed by atoms with van der Waals surface area (Å²) >= 11 is 1.18. The van der Waals surface area contributed by atoms with Crippen molar-refractivity contribution in [3.63, 3.8) is 0 Å². The first-order valence-electron chi connectivity index (χ1n) is 7.61. The van der Waals surface area contributed by atoms with E-state index in [0.717, 1.165) is 0 Å². The summed E-state index contributed by atoms with van der Waals surface area (Å²) in [6.07, 6.45) is 0. The zero-order chi connectivity index (χ0) is 17.6. The number of anilines is 1. The first kappa shape index (κ1) is 16.9. The first-order valence-corrected chi connectivity index (χ1v) is 8.43. The molecule has 0 aliphatic heterocycles. The number of halogens is 1. The van der Waals surface area contributed by atoms with E-state index in [-0.39, 0.29) is 24.2 Å². The number of para-hydroxylation sites is 1. The molecule has 126 valence electrons. The van der Waals surface area contributed by atoms with Crippen LogP contribution in [0.2, 0.25) is 0 Å². The molecule has 2 amide bonds. The van der Waals surface area contributed by atoms with Crippen molar-refractivity contribution >= 4 is 28.8 Å². The molecule has 0 radical (unpaired) electrons. The topological polar surface area (TPSA) is 58.2 Å². The zero-order valence-corrected chi connectivity index (χ0v) is 14.0. The lowest BCUT2D eigenvalue weighted by molar-refractivity contribution is -0.115. The molecule has 0 bridgehead atoms. The van der Waals surface area contributed by atoms with Crippen LogP contribution in [0.4, 0.5) is 10.1 Å². The van der Waals surface area contributed by atoms with Gasteiger partial charge in [-0.2, -0.15) is 0 Å². The largest absolute Gasteiger partial charge is 0.342 e. The maximum atomic E-state index is 13.8. The molecule has 0 saturated heterocycles. The van der Waals surface area contributed by atoms with Crippen molar-refractivity contribution in [2.24, 2.45) is 0 Å². The Hall–Kier alpha value is -2.99. The Labute approximate surface area is 148 Å². The van der Waals surface area contributed by atoms with Gasteiger partial charge in [0.05, 0.1) is 11.4 Å². The quantitative estimate of drug-likeness (QED) is 0.729. The molecule has 0 saturated carbocycles. The summed E-state index contributed by atoms with van der Waals surface area (Å²) in [6, 6.07) is 18.7. The van der Waals surface area contributed by atoms with Crippen molar-refractivity contribution in [3.8, 4) is 10.4 Å². The Kier molecular flexibility index (Phi) is 5.20. The van der Waals surface area contributed by atoms with Crippen LogP contribution in [0.1, 0.15) is 9.67 Å². The van der Waals surface area contributed by atoms with E-state index in [0.29, 0.717) is 21.0 Å². The van der Waals surface area contributed by atoms with E-state index in [4.69, 9.17) is 0 Å². The number of nitrogens with one attached hydrogen (secondary N) is 2. The molecule has 6 heteroatoms. The van der Waals surface area contributed by atoms with Gasteiger partial charge in [0.1, 0.15) is 5.82 Å². The average molecular weight is 354 g/mol. The maximum absolute atomic E-state index is 13.8. The van der Waals surface area contributed by atoms with Crippen molar-refractivity contribution in [3.05, 3.63) is 77.4 Å². The van der Waals surface area contributed by atoms with Crippen molar-refractivity contribution < 1.29 is 14.0 Å². The molecule has 4 nitrogen and oxygen atoms in total. The highest BCUT2D eigenvalue weighted by Gasteiger charge is 2.13. The highest BCUT2D eigenvalue weighted by molar-refractivity contribution is 7.17. The fraction of sp³-hybridized carbons (Fsp3) is 0.0526. The summed E-state index contributed by atoms with van der Waals surface area (Å²) in [6.45, 7) is -0.138. The van der Waals surface area contributed by atoms with Gasteiger partial charge in [0.2, 0.25) is 5.91 Å². The lowest BCUT2D eigenvalue weighted by Crippen LogP contribution is -2.32. The van der Waals surface area contributed by atoms with Gasteiger partial charge in [-0.1, -0.05) is 36.4 Å². The van der Waals surface area contributed by atoms with Crippen LogP contribution in [0.5, 0.6) is 0 Å². The third-order valence-electron chi connectivity index (χ3n) is 3.44. The van der Waals surface area contributed by atoms with E-state index in [9.17, 15) is 14.0 Å². The number of hydrogen-bond donors (Lipinski definition) is 2. The second-order valence-corrected chi connectivity index (χ2v) is 6.32. The van der Waals surface area contributed by atoms with Gasteiger partial charge in [0, 0.05) is 16.1 Å². The lowest BCUT2D eigenvalue weighted by atomic mass is 10.2. The van der Waals surface area contributed by atoms with Crippen LogP contribution in [0.15, 0.2) is 66.7 Å². The van der Waals surface area contributed by atoms with Gasteiger partial charge in [0.25, 0.3) is 5.91 Å². The molecule has 0 aliphatic rings. The van der Waals surface area contributed by atoms with Gasteiger partial charge in [-0.3, -0.25) is 9.59 Å². The average Bonchev–Trinajstić information content (AvgIpc) is 3.11. The van der Waals surface area contributed by atoms with Crippen LogP contribution in [-0.4, -0.2) is 18.4 Å². The fourth-order valence-corrected chi connectivity index (χ4v) is 3.19. The number of benzene rings is 2. The first-order chi connectivity index (χ1) is 12.1. The Morgan fingerprint density at radius 3 is 2.40 bits per heavy atom. The van der Waals surface area contributed by atoms with Crippen LogP contribution in [0.25, 0.3) is 10.4 Å². The molecule has 0 fully saturated rings. The van der Waals surface area contributed by atoms with E-state index < -0.39 is 0 Å². The fourth-order valence-electron chi connectivity index (χ4n) is 2.24. The van der Waals surface area contributed by atoms with Crippen molar-refractivity contribution in [1.29, 1.82) is 0 Å². The van der Waals surface area contributed by atoms with E-state index in [1.807, 2.05) is 18.2 Å². The van der Waals surface area contributed by atoms with Crippen molar-refractivity contribution in [1.82, 2.24) is 5.32 Å². The van der Waals surface area contributed by atoms with Crippen LogP contribution in [0, 0.1) is 5.82 Å². The summed E-state index contributed by atoms with van der Waals surface area (Å²) in [5.41, 5.74) is 1.12. The van der Waals surface area contributed by atoms with Crippen molar-refractivity contribution in [2.75, 3.05) is 11.9 Å². The number of carbonyl (C=O) groups is 2. The third-order valence-corrected chi connectivity index (χ3v) is 4.55. The summed E-state index contributed by atoms with van der Waals surface area (Å²) in [7, 11) is 0. The van der Waals surface area contributed by atoms with Crippen LogP contribution < -0.4 is 10.6 Å². The second kappa shape index (κ2) is 7.72. The number of amides is 2. The minimum Gasteiger partial charge on any atom is -0.342 e. The number of carbonyl (C=O) groups excluding carboxylic acids is 2. The highest BCUT2D eigenvalue weighted by atomic mass is 32.1. The zero-order valence-electron chi connectivity index (χ0n) is 13.2. The third kappa shape index (κ3) is 4.30. The normalized spacial score (nSPS) is 10.3. The molecular formula is C19H15FN2O2S. The molecule has 1 heterocycles. The van der Waals surface area contributed by atoms with Gasteiger partial charge >= 0.3 is 0 Å². The highest BCUT2D eigenvalue weighted by Crippen LogP contribution is 2.29. The molecule has 0 atom stereocenters. The predicted octanol–water partition coefficient (Wildman–Crippen LogP) is 3.92. The van der Waals surface area contributed by atoms with Gasteiger partial charge in [-0.15, -0.1) is 11.3 Å². The van der Waals surface area contributed by atoms with E-state index >= 15 is 0 Å². The van der Waals surface area contributed by atoms with E-state index in [2.05, 4.69) is 10.6 Å². The maximum Gasteiger partial charge on any atom is 0.261 e. The monoisotopic (exact) mass is 354 g/mol. The Morgan fingerprint density at radius 1 is 0.920 bits per heavy atom. The summed E-state index contributed by atoms with van der Waals surface area (Å²) in [5, 5.41) is 5.25. The summed E-state index contributed by atoms with van der Waals surface area (Å²) in [4.78, 5) is 25.1. The Balaban J connectivity index is 1.59. The molecule has 0 aliphatic carbocycles. The molecule has 3 rings (SSSR count). The smallest absolute Gasteiger partial charge is 0.261 e. The molecule has 2 N–H and O–H groups in total. The van der Waals surface area contributed by atoms with E-state index in [1.54, 1.807) is 42.5 Å². The van der Waals surface area contributed by atoms with Gasteiger partial charge in [0.15, 0.2) is 0 Å². The summed E-state index contributed by atoms with van der Waals surface area (Å²) in [5.74, 6) is -1.01. The van der Waals surface area contributed by atoms with Gasteiger partial charge in [-0.25, -0.2) is 4.39 Å². The van der Waals surface area contributed by atoms with Crippen LogP contribution >= 0.6 is 11.3 Å². The summed E-state index contributed by atoms with van der Waals surface area (Å²) < 4.78 is 13.8. The second-order valence-electron chi connectivity index (χ2n) is 5.24. The van der Waals surface area contributed by atoms with E-state index in [1.165, 1.54) is 17.4 Å². The van der Waals surface area contributed by atoms with Crippen molar-refractivity contribution in [2.45, 2.75) is 0 Å². The molecular weight excluding hydrogens is 339 g/mol. The molecule has 1 aromatic heterocycles. The Bertz CT molecular complexity index is 893. The SMILES string of the molecule is O=C(CNC(=O)c1ccc(-c2ccccc2F)s1)Nc1ccccc1. The molecule has 0 unspecified atom stereocenters. The predicted molar refractivity (Wildman–Crippen MR) is 97.1 cm³/mol. The molecule has 3 aromatic rings. The molecule has 2 aromatic carbocycles. The van der Waals surface area contributed by atoms with Crippen LogP contribution in [-0.2, 0) is 4.79 Å². The van der Waals surface area contributed by atoms with Crippen LogP contribution in [0.3, 0.4) is 0 Å². The number of thiophene rings is 1. The lowest BCUT2D eigenvalue weighted by Gasteiger charge is -2.06. The number of hydrogen-bond acceptors (Lipinski definition) is 3. The van der Waals surface area contributed by atoms with Gasteiger partial charge < -0.3 is 10.6 Å². The van der Waals surface area contributed by atoms with Gasteiger partial charge in [-0.05, 0) is 30.3 Å².